The van der Waals surface area contributed by atoms with Crippen molar-refractivity contribution >= 4 is 16.7 Å². The van der Waals surface area contributed by atoms with Crippen molar-refractivity contribution in [2.75, 3.05) is 11.9 Å². The number of aromatic nitrogens is 5. The van der Waals surface area contributed by atoms with Gasteiger partial charge in [-0.15, -0.1) is 10.2 Å². The van der Waals surface area contributed by atoms with Crippen LogP contribution in [0.5, 0.6) is 0 Å². The molecule has 0 aliphatic heterocycles. The van der Waals surface area contributed by atoms with Crippen LogP contribution in [0, 0.1) is 5.82 Å². The van der Waals surface area contributed by atoms with Crippen LogP contribution < -0.4 is 10.9 Å². The fourth-order valence-electron chi connectivity index (χ4n) is 3.91. The van der Waals surface area contributed by atoms with Crippen molar-refractivity contribution < 1.29 is 4.39 Å². The van der Waals surface area contributed by atoms with Gasteiger partial charge in [0.25, 0.3) is 5.56 Å². The minimum Gasteiger partial charge on any atom is -0.368 e. The molecule has 0 radical (unpaired) electrons. The van der Waals surface area contributed by atoms with Gasteiger partial charge in [0, 0.05) is 23.7 Å². The van der Waals surface area contributed by atoms with Crippen LogP contribution in [0.4, 0.5) is 10.2 Å². The van der Waals surface area contributed by atoms with Crippen molar-refractivity contribution in [1.82, 2.24) is 25.4 Å². The first kappa shape index (κ1) is 17.5. The fraction of sp³-hybridized carbons (Fsp3) is 0.238. The molecule has 1 saturated carbocycles. The van der Waals surface area contributed by atoms with Crippen molar-refractivity contribution in [3.05, 3.63) is 70.5 Å². The van der Waals surface area contributed by atoms with E-state index in [9.17, 15) is 9.18 Å². The van der Waals surface area contributed by atoms with Crippen LogP contribution in [-0.2, 0) is 5.41 Å². The Hall–Kier alpha value is -3.55. The first-order valence-electron chi connectivity index (χ1n) is 9.54. The Labute approximate surface area is 165 Å². The summed E-state index contributed by atoms with van der Waals surface area (Å²) in [6, 6.07) is 12.3. The molecule has 5 rings (SSSR count). The van der Waals surface area contributed by atoms with E-state index in [1.165, 1.54) is 6.07 Å². The summed E-state index contributed by atoms with van der Waals surface area (Å²) in [5, 5.41) is 17.8. The normalized spacial score (nSPS) is 15.2. The Morgan fingerprint density at radius 1 is 1.10 bits per heavy atom. The van der Waals surface area contributed by atoms with Gasteiger partial charge in [-0.05, 0) is 49.2 Å². The number of fused-ring (bicyclic) bond motifs is 1. The summed E-state index contributed by atoms with van der Waals surface area (Å²) < 4.78 is 14.2. The molecule has 29 heavy (non-hydrogen) atoms. The number of benzene rings is 1. The Kier molecular flexibility index (Phi) is 4.12. The Bertz CT molecular complexity index is 1230. The Morgan fingerprint density at radius 3 is 2.72 bits per heavy atom. The molecule has 0 bridgehead atoms. The number of H-pyrrole nitrogens is 2. The summed E-state index contributed by atoms with van der Waals surface area (Å²) in [6.45, 7) is 0.555. The number of rotatable bonds is 5. The van der Waals surface area contributed by atoms with E-state index in [0.29, 0.717) is 29.1 Å². The van der Waals surface area contributed by atoms with Crippen LogP contribution in [0.3, 0.4) is 0 Å². The van der Waals surface area contributed by atoms with Crippen LogP contribution in [0.1, 0.15) is 25.0 Å². The number of pyridine rings is 1. The highest BCUT2D eigenvalue weighted by Gasteiger charge is 2.41. The minimum absolute atomic E-state index is 0.166. The molecule has 3 N–H and O–H groups in total. The average molecular weight is 390 g/mol. The maximum Gasteiger partial charge on any atom is 0.271 e. The molecule has 1 aromatic carbocycles. The Balaban J connectivity index is 1.34. The standard InChI is InChI=1S/C21H19FN6O/c22-15-3-1-10-23-19(15)21(8-2-9-21)12-24-18-7-6-16(25-27-18)13-4-5-17-14(11-13)20(29)28-26-17/h1,3-7,10-11H,2,8-9,12H2,(H,24,27)(H2,26,28,29). The lowest BCUT2D eigenvalue weighted by Crippen LogP contribution is -2.42. The molecule has 0 spiro atoms. The van der Waals surface area contributed by atoms with Crippen LogP contribution in [0.15, 0.2) is 53.5 Å². The third kappa shape index (κ3) is 3.06. The lowest BCUT2D eigenvalue weighted by Gasteiger charge is -2.41. The van der Waals surface area contributed by atoms with Crippen molar-refractivity contribution in [2.45, 2.75) is 24.7 Å². The van der Waals surface area contributed by atoms with E-state index < -0.39 is 0 Å². The third-order valence-electron chi connectivity index (χ3n) is 5.71. The van der Waals surface area contributed by atoms with E-state index in [1.54, 1.807) is 18.3 Å². The van der Waals surface area contributed by atoms with Crippen molar-refractivity contribution in [3.8, 4) is 11.3 Å². The number of nitrogens with zero attached hydrogens (tertiary/aromatic N) is 3. The molecule has 4 aromatic rings. The van der Waals surface area contributed by atoms with Crippen LogP contribution in [0.25, 0.3) is 22.2 Å². The number of halogens is 1. The highest BCUT2D eigenvalue weighted by molar-refractivity contribution is 5.83. The van der Waals surface area contributed by atoms with E-state index in [1.807, 2.05) is 24.3 Å². The number of hydrogen-bond acceptors (Lipinski definition) is 5. The highest BCUT2D eigenvalue weighted by Crippen LogP contribution is 2.43. The van der Waals surface area contributed by atoms with Gasteiger partial charge >= 0.3 is 0 Å². The largest absolute Gasteiger partial charge is 0.368 e. The van der Waals surface area contributed by atoms with Gasteiger partial charge in [0.15, 0.2) is 0 Å². The van der Waals surface area contributed by atoms with Crippen LogP contribution >= 0.6 is 0 Å². The molecular formula is C21H19FN6O. The second-order valence-corrected chi connectivity index (χ2v) is 7.46. The quantitative estimate of drug-likeness (QED) is 0.485. The number of nitrogens with one attached hydrogen (secondary N) is 3. The van der Waals surface area contributed by atoms with E-state index in [2.05, 4.69) is 30.7 Å². The van der Waals surface area contributed by atoms with Crippen molar-refractivity contribution in [1.29, 1.82) is 0 Å². The zero-order valence-corrected chi connectivity index (χ0v) is 15.6. The molecule has 1 aliphatic carbocycles. The molecular weight excluding hydrogens is 371 g/mol. The van der Waals surface area contributed by atoms with Gasteiger partial charge in [-0.25, -0.2) is 4.39 Å². The maximum absolute atomic E-state index is 14.2. The van der Waals surface area contributed by atoms with Gasteiger partial charge in [0.2, 0.25) is 0 Å². The number of hydrogen-bond donors (Lipinski definition) is 3. The highest BCUT2D eigenvalue weighted by atomic mass is 19.1. The van der Waals surface area contributed by atoms with Crippen LogP contribution in [0.2, 0.25) is 0 Å². The molecule has 0 unspecified atom stereocenters. The topological polar surface area (TPSA) is 99.3 Å². The van der Waals surface area contributed by atoms with Gasteiger partial charge < -0.3 is 5.32 Å². The first-order chi connectivity index (χ1) is 14.1. The second-order valence-electron chi connectivity index (χ2n) is 7.46. The van der Waals surface area contributed by atoms with Gasteiger partial charge in [0.1, 0.15) is 11.6 Å². The van der Waals surface area contributed by atoms with Crippen molar-refractivity contribution in [3.63, 3.8) is 0 Å². The SMILES string of the molecule is O=c1[nH][nH]c2ccc(-c3ccc(NCC4(c5ncccc5F)CCC4)nn3)cc12. The first-order valence-corrected chi connectivity index (χ1v) is 9.54. The zero-order chi connectivity index (χ0) is 19.8. The molecule has 3 heterocycles. The van der Waals surface area contributed by atoms with Gasteiger partial charge in [-0.2, -0.15) is 0 Å². The summed E-state index contributed by atoms with van der Waals surface area (Å²) in [5.41, 5.74) is 2.29. The van der Waals surface area contributed by atoms with Gasteiger partial charge in [-0.3, -0.25) is 20.0 Å². The van der Waals surface area contributed by atoms with Gasteiger partial charge in [-0.1, -0.05) is 12.5 Å². The zero-order valence-electron chi connectivity index (χ0n) is 15.6. The summed E-state index contributed by atoms with van der Waals surface area (Å²) in [6.07, 6.45) is 4.48. The maximum atomic E-state index is 14.2. The minimum atomic E-state index is -0.300. The van der Waals surface area contributed by atoms with Gasteiger partial charge in [0.05, 0.1) is 22.3 Å². The van der Waals surface area contributed by atoms with E-state index in [4.69, 9.17) is 0 Å². The predicted molar refractivity (Wildman–Crippen MR) is 108 cm³/mol. The molecule has 7 nitrogen and oxygen atoms in total. The van der Waals surface area contributed by atoms with Crippen LogP contribution in [-0.4, -0.2) is 31.9 Å². The molecule has 1 fully saturated rings. The number of anilines is 1. The monoisotopic (exact) mass is 390 g/mol. The summed E-state index contributed by atoms with van der Waals surface area (Å²) in [7, 11) is 0. The lowest BCUT2D eigenvalue weighted by molar-refractivity contribution is 0.243. The molecule has 0 saturated heterocycles. The molecule has 0 amide bonds. The third-order valence-corrected chi connectivity index (χ3v) is 5.71. The summed E-state index contributed by atoms with van der Waals surface area (Å²) >= 11 is 0. The summed E-state index contributed by atoms with van der Waals surface area (Å²) in [4.78, 5) is 16.1. The molecule has 1 aliphatic rings. The molecule has 3 aromatic heterocycles. The van der Waals surface area contributed by atoms with E-state index in [0.717, 1.165) is 30.3 Å². The second kappa shape index (κ2) is 6.80. The molecule has 8 heteroatoms. The number of aromatic amines is 2. The van der Waals surface area contributed by atoms with Crippen molar-refractivity contribution in [2.24, 2.45) is 0 Å². The average Bonchev–Trinajstić information content (AvgIpc) is 3.09. The lowest BCUT2D eigenvalue weighted by atomic mass is 9.66. The van der Waals surface area contributed by atoms with E-state index >= 15 is 0 Å². The Morgan fingerprint density at radius 2 is 2.00 bits per heavy atom. The molecule has 146 valence electrons. The molecule has 0 atom stereocenters. The van der Waals surface area contributed by atoms with E-state index in [-0.39, 0.29) is 16.8 Å². The smallest absolute Gasteiger partial charge is 0.271 e. The summed E-state index contributed by atoms with van der Waals surface area (Å²) in [5.74, 6) is 0.363. The predicted octanol–water partition coefficient (Wildman–Crippen LogP) is 3.38. The fourth-order valence-corrected chi connectivity index (χ4v) is 3.91.